The second kappa shape index (κ2) is 7.91. The first kappa shape index (κ1) is 12.3. The van der Waals surface area contributed by atoms with Crippen molar-refractivity contribution in [2.24, 2.45) is 0 Å². The van der Waals surface area contributed by atoms with Gasteiger partial charge in [-0.05, 0) is 25.0 Å². The number of aliphatic carboxylic acids is 2. The number of thioether (sulfide) groups is 1. The largest absolute Gasteiger partial charge is 0.550 e. The van der Waals surface area contributed by atoms with Gasteiger partial charge in [-0.2, -0.15) is 11.8 Å². The number of hydrogen-bond acceptors (Lipinski definition) is 4. The summed E-state index contributed by atoms with van der Waals surface area (Å²) in [5.41, 5.74) is 0. The van der Waals surface area contributed by atoms with Crippen molar-refractivity contribution >= 4 is 23.7 Å². The summed E-state index contributed by atoms with van der Waals surface area (Å²) < 4.78 is 0. The Labute approximate surface area is 81.3 Å². The summed E-state index contributed by atoms with van der Waals surface area (Å²) in [6.45, 7) is 0. The number of hydrogen-bond donors (Lipinski definition) is 1. The summed E-state index contributed by atoms with van der Waals surface area (Å²) in [4.78, 5) is 20.1. The summed E-state index contributed by atoms with van der Waals surface area (Å²) in [6.07, 6.45) is 2.41. The molecule has 0 saturated heterocycles. The number of rotatable bonds is 8. The van der Waals surface area contributed by atoms with Crippen molar-refractivity contribution in [3.05, 3.63) is 0 Å². The molecule has 0 amide bonds. The fourth-order valence-electron chi connectivity index (χ4n) is 0.810. The minimum atomic E-state index is -1.02. The maximum atomic E-state index is 10.1. The van der Waals surface area contributed by atoms with Gasteiger partial charge in [0, 0.05) is 5.97 Å². The van der Waals surface area contributed by atoms with E-state index in [0.717, 1.165) is 18.6 Å². The Morgan fingerprint density at radius 2 is 1.92 bits per heavy atom. The lowest BCUT2D eigenvalue weighted by Crippen LogP contribution is -2.21. The van der Waals surface area contributed by atoms with Crippen molar-refractivity contribution in [1.29, 1.82) is 0 Å². The quantitative estimate of drug-likeness (QED) is 0.569. The molecule has 76 valence electrons. The average molecular weight is 205 g/mol. The highest BCUT2D eigenvalue weighted by atomic mass is 32.2. The number of carboxylic acid groups (broad SMARTS) is 2. The standard InChI is InChI=1S/C8H14O4S/c9-7(10)4-2-1-3-5-13-6-8(11)12/h1-6H2,(H,9,10)(H,11,12)/p-1. The molecule has 0 rings (SSSR count). The predicted octanol–water partition coefficient (Wildman–Crippen LogP) is 0.114. The zero-order valence-corrected chi connectivity index (χ0v) is 8.14. The van der Waals surface area contributed by atoms with Crippen LogP contribution >= 0.6 is 11.8 Å². The molecule has 0 aromatic heterocycles. The zero-order chi connectivity index (χ0) is 10.1. The monoisotopic (exact) mass is 205 g/mol. The van der Waals surface area contributed by atoms with Gasteiger partial charge in [-0.3, -0.25) is 4.79 Å². The van der Waals surface area contributed by atoms with Crippen LogP contribution in [0.4, 0.5) is 0 Å². The van der Waals surface area contributed by atoms with Crippen molar-refractivity contribution in [2.45, 2.75) is 25.7 Å². The van der Waals surface area contributed by atoms with Crippen LogP contribution in [0.1, 0.15) is 25.7 Å². The van der Waals surface area contributed by atoms with Gasteiger partial charge < -0.3 is 15.0 Å². The summed E-state index contributed by atoms with van der Waals surface area (Å²) in [6, 6.07) is 0. The normalized spacial score (nSPS) is 9.85. The highest BCUT2D eigenvalue weighted by Gasteiger charge is 1.96. The molecule has 0 bridgehead atoms. The number of unbranched alkanes of at least 4 members (excludes halogenated alkanes) is 2. The molecule has 1 N–H and O–H groups in total. The van der Waals surface area contributed by atoms with Crippen LogP contribution in [0.25, 0.3) is 0 Å². The Balaban J connectivity index is 3.00. The predicted molar refractivity (Wildman–Crippen MR) is 48.4 cm³/mol. The summed E-state index contributed by atoms with van der Waals surface area (Å²) in [5, 5.41) is 18.3. The fourth-order valence-corrected chi connectivity index (χ4v) is 1.54. The van der Waals surface area contributed by atoms with Crippen LogP contribution in [0.3, 0.4) is 0 Å². The van der Waals surface area contributed by atoms with Gasteiger partial charge in [-0.15, -0.1) is 0 Å². The average Bonchev–Trinajstić information content (AvgIpc) is 2.01. The Morgan fingerprint density at radius 1 is 1.23 bits per heavy atom. The summed E-state index contributed by atoms with van der Waals surface area (Å²) >= 11 is 1.36. The maximum Gasteiger partial charge on any atom is 0.313 e. The van der Waals surface area contributed by atoms with Crippen molar-refractivity contribution in [1.82, 2.24) is 0 Å². The number of carbonyl (C=O) groups excluding carboxylic acids is 1. The van der Waals surface area contributed by atoms with E-state index in [1.165, 1.54) is 11.8 Å². The lowest BCUT2D eigenvalue weighted by atomic mass is 10.2. The van der Waals surface area contributed by atoms with E-state index in [4.69, 9.17) is 5.11 Å². The molecule has 13 heavy (non-hydrogen) atoms. The van der Waals surface area contributed by atoms with E-state index in [0.29, 0.717) is 6.42 Å². The molecule has 4 nitrogen and oxygen atoms in total. The first-order valence-corrected chi connectivity index (χ1v) is 5.28. The highest BCUT2D eigenvalue weighted by Crippen LogP contribution is 2.06. The lowest BCUT2D eigenvalue weighted by molar-refractivity contribution is -0.305. The van der Waals surface area contributed by atoms with Crippen LogP contribution in [-0.4, -0.2) is 28.6 Å². The number of carbonyl (C=O) groups is 2. The zero-order valence-electron chi connectivity index (χ0n) is 7.32. The van der Waals surface area contributed by atoms with E-state index in [-0.39, 0.29) is 12.2 Å². The molecule has 0 spiro atoms. The Morgan fingerprint density at radius 3 is 2.46 bits per heavy atom. The summed E-state index contributed by atoms with van der Waals surface area (Å²) in [7, 11) is 0. The fraction of sp³-hybridized carbons (Fsp3) is 0.750. The molecule has 0 radical (unpaired) electrons. The minimum Gasteiger partial charge on any atom is -0.550 e. The minimum absolute atomic E-state index is 0.101. The Bertz CT molecular complexity index is 152. The van der Waals surface area contributed by atoms with Crippen LogP contribution in [0, 0.1) is 0 Å². The van der Waals surface area contributed by atoms with E-state index in [1.54, 1.807) is 0 Å². The molecule has 0 aromatic carbocycles. The molecule has 0 aliphatic rings. The van der Waals surface area contributed by atoms with Gasteiger partial charge in [0.25, 0.3) is 0 Å². The maximum absolute atomic E-state index is 10.1. The highest BCUT2D eigenvalue weighted by molar-refractivity contribution is 7.99. The molecule has 0 fully saturated rings. The number of carboxylic acids is 2. The van der Waals surface area contributed by atoms with Gasteiger partial charge in [0.1, 0.15) is 0 Å². The molecule has 5 heteroatoms. The van der Waals surface area contributed by atoms with E-state index >= 15 is 0 Å². The third-order valence-electron chi connectivity index (χ3n) is 1.40. The smallest absolute Gasteiger partial charge is 0.313 e. The third kappa shape index (κ3) is 11.3. The van der Waals surface area contributed by atoms with E-state index < -0.39 is 11.9 Å². The lowest BCUT2D eigenvalue weighted by Gasteiger charge is -2.01. The van der Waals surface area contributed by atoms with Crippen LogP contribution < -0.4 is 5.11 Å². The SMILES string of the molecule is O=C([O-])CCCCCSCC(=O)O. The second-order valence-corrected chi connectivity index (χ2v) is 3.73. The Hall–Kier alpha value is -0.710. The van der Waals surface area contributed by atoms with Crippen LogP contribution in [0.5, 0.6) is 0 Å². The first-order valence-electron chi connectivity index (χ1n) is 4.12. The third-order valence-corrected chi connectivity index (χ3v) is 2.42. The molecule has 0 unspecified atom stereocenters. The van der Waals surface area contributed by atoms with Gasteiger partial charge in [-0.1, -0.05) is 6.42 Å². The van der Waals surface area contributed by atoms with E-state index in [9.17, 15) is 14.7 Å². The van der Waals surface area contributed by atoms with Crippen molar-refractivity contribution in [2.75, 3.05) is 11.5 Å². The molecule has 0 saturated carbocycles. The topological polar surface area (TPSA) is 77.4 Å². The first-order chi connectivity index (χ1) is 6.13. The molecule has 0 atom stereocenters. The molecular weight excluding hydrogens is 192 g/mol. The van der Waals surface area contributed by atoms with Gasteiger partial charge in [0.2, 0.25) is 0 Å². The van der Waals surface area contributed by atoms with Crippen LogP contribution in [0.2, 0.25) is 0 Å². The Kier molecular flexibility index (Phi) is 7.48. The van der Waals surface area contributed by atoms with E-state index in [1.807, 2.05) is 0 Å². The molecular formula is C8H13O4S-. The van der Waals surface area contributed by atoms with Crippen LogP contribution in [-0.2, 0) is 9.59 Å². The van der Waals surface area contributed by atoms with Crippen molar-refractivity contribution in [3.8, 4) is 0 Å². The van der Waals surface area contributed by atoms with Crippen molar-refractivity contribution in [3.63, 3.8) is 0 Å². The van der Waals surface area contributed by atoms with Crippen LogP contribution in [0.15, 0.2) is 0 Å². The van der Waals surface area contributed by atoms with Gasteiger partial charge in [0.05, 0.1) is 5.75 Å². The van der Waals surface area contributed by atoms with E-state index in [2.05, 4.69) is 0 Å². The second-order valence-electron chi connectivity index (χ2n) is 2.63. The molecule has 0 aliphatic carbocycles. The van der Waals surface area contributed by atoms with Crippen molar-refractivity contribution < 1.29 is 19.8 Å². The van der Waals surface area contributed by atoms with Gasteiger partial charge in [-0.25, -0.2) is 0 Å². The van der Waals surface area contributed by atoms with Gasteiger partial charge in [0.15, 0.2) is 0 Å². The summed E-state index contributed by atoms with van der Waals surface area (Å²) in [5.74, 6) is -0.919. The molecule has 0 heterocycles. The molecule has 0 aliphatic heterocycles. The van der Waals surface area contributed by atoms with Gasteiger partial charge >= 0.3 is 5.97 Å². The molecule has 0 aromatic rings.